The molecule has 1 aliphatic heterocycles. The van der Waals surface area contributed by atoms with Crippen molar-refractivity contribution in [3.05, 3.63) is 29.8 Å². The molecule has 0 aliphatic carbocycles. The van der Waals surface area contributed by atoms with Crippen LogP contribution in [-0.2, 0) is 19.1 Å². The zero-order valence-corrected chi connectivity index (χ0v) is 18.6. The van der Waals surface area contributed by atoms with Crippen molar-refractivity contribution in [2.75, 3.05) is 20.3 Å². The van der Waals surface area contributed by atoms with Crippen molar-refractivity contribution in [2.24, 2.45) is 0 Å². The van der Waals surface area contributed by atoms with E-state index in [-0.39, 0.29) is 24.8 Å². The minimum Gasteiger partial charge on any atom is -0.497 e. The number of amides is 2. The number of Topliss-reactive ketones (excluding diaryl/α,β-unsaturated/α-hetero) is 1. The lowest BCUT2D eigenvalue weighted by Gasteiger charge is -2.42. The number of aliphatic hydroxyl groups excluding tert-OH is 2. The van der Waals surface area contributed by atoms with Crippen LogP contribution in [0, 0.1) is 0 Å². The van der Waals surface area contributed by atoms with Crippen LogP contribution in [0.2, 0.25) is 0 Å². The minimum absolute atomic E-state index is 0.0833. The van der Waals surface area contributed by atoms with Crippen molar-refractivity contribution in [3.63, 3.8) is 0 Å². The van der Waals surface area contributed by atoms with E-state index in [1.807, 2.05) is 0 Å². The Morgan fingerprint density at radius 1 is 1.06 bits per heavy atom. The van der Waals surface area contributed by atoms with E-state index < -0.39 is 36.6 Å². The summed E-state index contributed by atoms with van der Waals surface area (Å²) >= 11 is 0. The van der Waals surface area contributed by atoms with E-state index in [0.717, 1.165) is 0 Å². The van der Waals surface area contributed by atoms with Crippen LogP contribution in [0.1, 0.15) is 43.5 Å². The van der Waals surface area contributed by atoms with Crippen LogP contribution in [-0.4, -0.2) is 78.7 Å². The fraction of sp³-hybridized carbons (Fsp3) is 0.591. The van der Waals surface area contributed by atoms with E-state index in [9.17, 15) is 24.6 Å². The summed E-state index contributed by atoms with van der Waals surface area (Å²) in [6.45, 7) is 2.95. The van der Waals surface area contributed by atoms with Gasteiger partial charge in [-0.1, -0.05) is 0 Å². The fourth-order valence-electron chi connectivity index (χ4n) is 3.34. The number of hydrogen-bond donors (Lipinski definition) is 4. The van der Waals surface area contributed by atoms with Crippen molar-refractivity contribution < 1.29 is 38.8 Å². The third-order valence-corrected chi connectivity index (χ3v) is 5.09. The second kappa shape index (κ2) is 12.5. The van der Waals surface area contributed by atoms with Gasteiger partial charge in [-0.15, -0.1) is 0 Å². The molecule has 0 bridgehead atoms. The summed E-state index contributed by atoms with van der Waals surface area (Å²) in [4.78, 5) is 35.0. The molecule has 1 heterocycles. The summed E-state index contributed by atoms with van der Waals surface area (Å²) in [7, 11) is 1.53. The Labute approximate surface area is 187 Å². The molecule has 1 aromatic carbocycles. The van der Waals surface area contributed by atoms with Gasteiger partial charge in [-0.3, -0.25) is 9.59 Å². The molecule has 1 aromatic rings. The number of ether oxygens (including phenoxy) is 3. The predicted octanol–water partition coefficient (Wildman–Crippen LogP) is 0.152. The molecule has 2 unspecified atom stereocenters. The average Bonchev–Trinajstić information content (AvgIpc) is 2.76. The first kappa shape index (κ1) is 25.7. The highest BCUT2D eigenvalue weighted by Gasteiger charge is 2.45. The van der Waals surface area contributed by atoms with Crippen molar-refractivity contribution >= 4 is 17.6 Å². The first-order valence-corrected chi connectivity index (χ1v) is 10.5. The highest BCUT2D eigenvalue weighted by atomic mass is 16.7. The van der Waals surface area contributed by atoms with Gasteiger partial charge in [0, 0.05) is 32.1 Å². The molecule has 10 nitrogen and oxygen atoms in total. The van der Waals surface area contributed by atoms with Crippen LogP contribution in [0.15, 0.2) is 24.3 Å². The number of ketones is 1. The molecule has 5 atom stereocenters. The molecule has 4 N–H and O–H groups in total. The maximum Gasteiger partial charge on any atom is 0.251 e. The number of benzene rings is 1. The normalized spacial score (nSPS) is 25.1. The average molecular weight is 453 g/mol. The molecule has 1 saturated heterocycles. The molecule has 1 aliphatic rings. The van der Waals surface area contributed by atoms with Crippen LogP contribution < -0.4 is 15.4 Å². The molecule has 0 spiro atoms. The van der Waals surface area contributed by atoms with Gasteiger partial charge in [0.25, 0.3) is 5.91 Å². The van der Waals surface area contributed by atoms with Gasteiger partial charge in [0.15, 0.2) is 6.29 Å². The van der Waals surface area contributed by atoms with Gasteiger partial charge < -0.3 is 39.9 Å². The molecule has 2 rings (SSSR count). The van der Waals surface area contributed by atoms with Crippen LogP contribution in [0.4, 0.5) is 0 Å². The van der Waals surface area contributed by atoms with Crippen molar-refractivity contribution in [3.8, 4) is 5.75 Å². The Morgan fingerprint density at radius 3 is 2.34 bits per heavy atom. The van der Waals surface area contributed by atoms with Gasteiger partial charge in [0.2, 0.25) is 5.91 Å². The van der Waals surface area contributed by atoms with Gasteiger partial charge in [0.05, 0.1) is 7.11 Å². The molecule has 0 saturated carbocycles. The summed E-state index contributed by atoms with van der Waals surface area (Å²) in [5.41, 5.74) is 0.394. The van der Waals surface area contributed by atoms with Crippen LogP contribution in [0.3, 0.4) is 0 Å². The highest BCUT2D eigenvalue weighted by Crippen LogP contribution is 2.23. The number of methoxy groups -OCH3 is 1. The Balaban J connectivity index is 1.97. The molecule has 32 heavy (non-hydrogen) atoms. The third-order valence-electron chi connectivity index (χ3n) is 5.09. The standard InChI is InChI=1S/C22H32N2O8/c1-13(25)6-4-5-11-31-22-18(24-14(2)26)20(28)19(27)17(32-22)12-23-21(29)15-7-9-16(30-3)10-8-15/h7-10,17-20,22,27-28H,4-6,11-12H2,1-3H3,(H,23,29)(H,24,26)/t17?,18?,19-,20-,22-/m1/s1. The number of rotatable bonds is 11. The highest BCUT2D eigenvalue weighted by molar-refractivity contribution is 5.94. The van der Waals surface area contributed by atoms with Gasteiger partial charge in [-0.25, -0.2) is 0 Å². The van der Waals surface area contributed by atoms with E-state index >= 15 is 0 Å². The predicted molar refractivity (Wildman–Crippen MR) is 114 cm³/mol. The van der Waals surface area contributed by atoms with E-state index in [4.69, 9.17) is 14.2 Å². The van der Waals surface area contributed by atoms with E-state index in [1.165, 1.54) is 21.0 Å². The largest absolute Gasteiger partial charge is 0.497 e. The van der Waals surface area contributed by atoms with Gasteiger partial charge in [-0.2, -0.15) is 0 Å². The summed E-state index contributed by atoms with van der Waals surface area (Å²) < 4.78 is 16.5. The summed E-state index contributed by atoms with van der Waals surface area (Å²) in [6.07, 6.45) is -3.05. The molecular weight excluding hydrogens is 420 g/mol. The van der Waals surface area contributed by atoms with E-state index in [2.05, 4.69) is 10.6 Å². The topological polar surface area (TPSA) is 143 Å². The van der Waals surface area contributed by atoms with Crippen molar-refractivity contribution in [2.45, 2.75) is 63.8 Å². The maximum atomic E-state index is 12.4. The zero-order chi connectivity index (χ0) is 23.7. The van der Waals surface area contributed by atoms with Crippen molar-refractivity contribution in [1.29, 1.82) is 0 Å². The number of nitrogens with one attached hydrogen (secondary N) is 2. The number of carbonyl (C=O) groups excluding carboxylic acids is 3. The molecular formula is C22H32N2O8. The molecule has 178 valence electrons. The SMILES string of the molecule is COc1ccc(C(=O)NCC2O[C@@H](OCCCCC(C)=O)C(NC(C)=O)[C@@H](O)[C@@H]2O)cc1. The summed E-state index contributed by atoms with van der Waals surface area (Å²) in [5.74, 6) is -0.103. The second-order valence-electron chi connectivity index (χ2n) is 7.72. The second-order valence-corrected chi connectivity index (χ2v) is 7.72. The third kappa shape index (κ3) is 7.56. The Kier molecular flexibility index (Phi) is 10.0. The van der Waals surface area contributed by atoms with Crippen LogP contribution >= 0.6 is 0 Å². The lowest BCUT2D eigenvalue weighted by Crippen LogP contribution is -2.65. The van der Waals surface area contributed by atoms with Crippen molar-refractivity contribution in [1.82, 2.24) is 10.6 Å². The smallest absolute Gasteiger partial charge is 0.251 e. The molecule has 0 radical (unpaired) electrons. The van der Waals surface area contributed by atoms with Gasteiger partial charge >= 0.3 is 0 Å². The van der Waals surface area contributed by atoms with Crippen LogP contribution in [0.5, 0.6) is 5.75 Å². The summed E-state index contributed by atoms with van der Waals surface area (Å²) in [6, 6.07) is 5.52. The number of hydrogen-bond acceptors (Lipinski definition) is 8. The Hall–Kier alpha value is -2.53. The number of carbonyl (C=O) groups is 3. The number of unbranched alkanes of at least 4 members (excludes halogenated alkanes) is 1. The lowest BCUT2D eigenvalue weighted by atomic mass is 9.96. The van der Waals surface area contributed by atoms with Gasteiger partial charge in [0.1, 0.15) is 35.9 Å². The summed E-state index contributed by atoms with van der Waals surface area (Å²) in [5, 5.41) is 26.2. The first-order chi connectivity index (χ1) is 15.2. The lowest BCUT2D eigenvalue weighted by molar-refractivity contribution is -0.262. The van der Waals surface area contributed by atoms with Crippen LogP contribution in [0.25, 0.3) is 0 Å². The van der Waals surface area contributed by atoms with Gasteiger partial charge in [-0.05, 0) is 44.0 Å². The fourth-order valence-corrected chi connectivity index (χ4v) is 3.34. The quantitative estimate of drug-likeness (QED) is 0.348. The Bertz CT molecular complexity index is 770. The van der Waals surface area contributed by atoms with E-state index in [1.54, 1.807) is 24.3 Å². The Morgan fingerprint density at radius 2 is 1.75 bits per heavy atom. The molecule has 2 amide bonds. The minimum atomic E-state index is -1.36. The monoisotopic (exact) mass is 452 g/mol. The number of aliphatic hydroxyl groups is 2. The molecule has 1 fully saturated rings. The molecule has 0 aromatic heterocycles. The van der Waals surface area contributed by atoms with E-state index in [0.29, 0.717) is 30.6 Å². The first-order valence-electron chi connectivity index (χ1n) is 10.5. The maximum absolute atomic E-state index is 12.4. The molecule has 10 heteroatoms. The zero-order valence-electron chi connectivity index (χ0n) is 18.6.